The second kappa shape index (κ2) is 9.43. The highest BCUT2D eigenvalue weighted by Gasteiger charge is 2.38. The van der Waals surface area contributed by atoms with Crippen molar-refractivity contribution >= 4 is 0 Å². The lowest BCUT2D eigenvalue weighted by Gasteiger charge is -2.42. The topological polar surface area (TPSA) is 38.5 Å². The fourth-order valence-electron chi connectivity index (χ4n) is 3.54. The quantitative estimate of drug-likeness (QED) is 0.760. The summed E-state index contributed by atoms with van der Waals surface area (Å²) in [5.74, 6) is 0.581. The number of ether oxygens (including phenoxy) is 1. The predicted octanol–water partition coefficient (Wildman–Crippen LogP) is 4.66. The van der Waals surface area contributed by atoms with Gasteiger partial charge in [-0.15, -0.1) is 0 Å². The third-order valence-electron chi connectivity index (χ3n) is 5.28. The second-order valence-corrected chi connectivity index (χ2v) is 7.40. The highest BCUT2D eigenvalue weighted by molar-refractivity contribution is 5.37. The average Bonchev–Trinajstić information content (AvgIpc) is 3.02. The van der Waals surface area contributed by atoms with E-state index in [2.05, 4.69) is 45.2 Å². The summed E-state index contributed by atoms with van der Waals surface area (Å²) in [4.78, 5) is 2.62. The van der Waals surface area contributed by atoms with Gasteiger partial charge in [0.1, 0.15) is 0 Å². The Bertz CT molecular complexity index is 472. The molecule has 0 aromatic carbocycles. The van der Waals surface area contributed by atoms with Crippen molar-refractivity contribution in [2.75, 3.05) is 26.3 Å². The fraction of sp³-hybridized carbons (Fsp3) is 0.714. The number of rotatable bonds is 4. The summed E-state index contributed by atoms with van der Waals surface area (Å²) in [7, 11) is 0. The molecule has 2 aliphatic rings. The molecule has 2 saturated heterocycles. The van der Waals surface area contributed by atoms with E-state index in [0.29, 0.717) is 5.92 Å². The van der Waals surface area contributed by atoms with Gasteiger partial charge in [-0.3, -0.25) is 4.90 Å². The van der Waals surface area contributed by atoms with E-state index in [1.807, 2.05) is 13.8 Å². The number of nitrogens with zero attached hydrogens (tertiary/aromatic N) is 1. The fourth-order valence-corrected chi connectivity index (χ4v) is 3.54. The van der Waals surface area contributed by atoms with Crippen molar-refractivity contribution < 1.29 is 4.74 Å². The maximum atomic E-state index is 6.14. The lowest BCUT2D eigenvalue weighted by molar-refractivity contribution is 0.0538. The van der Waals surface area contributed by atoms with E-state index in [0.717, 1.165) is 44.0 Å². The standard InChI is InChI=1S/C19H32N2O.C2H6/c1-14(2)17(12-18(20)15(3)4)16-6-9-21(10-7-16)19(5)8-11-22-13-19;1-2/h12,16H,1,6-11,13,20H2,2-5H3;1-2H3/b17-12+;. The van der Waals surface area contributed by atoms with Gasteiger partial charge < -0.3 is 10.5 Å². The molecule has 0 spiro atoms. The van der Waals surface area contributed by atoms with Crippen LogP contribution in [0.1, 0.15) is 60.8 Å². The molecule has 0 radical (unpaired) electrons. The maximum absolute atomic E-state index is 6.14. The molecule has 0 amide bonds. The number of hydrogen-bond acceptors (Lipinski definition) is 3. The molecular formula is C21H38N2O. The molecule has 0 aliphatic carbocycles. The number of likely N-dealkylation sites (tertiary alicyclic amines) is 1. The van der Waals surface area contributed by atoms with Gasteiger partial charge in [-0.1, -0.05) is 31.6 Å². The van der Waals surface area contributed by atoms with Gasteiger partial charge in [-0.05, 0) is 77.6 Å². The summed E-state index contributed by atoms with van der Waals surface area (Å²) >= 11 is 0. The van der Waals surface area contributed by atoms with Gasteiger partial charge in [0.2, 0.25) is 0 Å². The highest BCUT2D eigenvalue weighted by Crippen LogP contribution is 2.34. The van der Waals surface area contributed by atoms with Gasteiger partial charge in [0.25, 0.3) is 0 Å². The molecule has 3 heteroatoms. The lowest BCUT2D eigenvalue weighted by Crippen LogP contribution is -2.50. The predicted molar refractivity (Wildman–Crippen MR) is 105 cm³/mol. The van der Waals surface area contributed by atoms with Crippen LogP contribution >= 0.6 is 0 Å². The van der Waals surface area contributed by atoms with Gasteiger partial charge in [0, 0.05) is 17.8 Å². The lowest BCUT2D eigenvalue weighted by atomic mass is 9.83. The van der Waals surface area contributed by atoms with Crippen LogP contribution in [0, 0.1) is 5.92 Å². The van der Waals surface area contributed by atoms with Crippen LogP contribution in [-0.2, 0) is 4.74 Å². The minimum atomic E-state index is 0.247. The Balaban J connectivity index is 0.00000139. The maximum Gasteiger partial charge on any atom is 0.0648 e. The molecule has 24 heavy (non-hydrogen) atoms. The summed E-state index contributed by atoms with van der Waals surface area (Å²) < 4.78 is 5.62. The highest BCUT2D eigenvalue weighted by atomic mass is 16.5. The monoisotopic (exact) mass is 334 g/mol. The van der Waals surface area contributed by atoms with Crippen LogP contribution in [0.3, 0.4) is 0 Å². The average molecular weight is 335 g/mol. The summed E-state index contributed by atoms with van der Waals surface area (Å²) in [5.41, 5.74) is 10.9. The second-order valence-electron chi connectivity index (χ2n) is 7.40. The molecule has 0 aromatic heterocycles. The van der Waals surface area contributed by atoms with E-state index in [4.69, 9.17) is 10.5 Å². The number of nitrogens with two attached hydrogens (primary N) is 1. The van der Waals surface area contributed by atoms with Crippen LogP contribution in [0.4, 0.5) is 0 Å². The van der Waals surface area contributed by atoms with Crippen molar-refractivity contribution in [3.05, 3.63) is 35.1 Å². The largest absolute Gasteiger partial charge is 0.399 e. The first-order valence-electron chi connectivity index (χ1n) is 9.47. The zero-order chi connectivity index (χ0) is 18.3. The Morgan fingerprint density at radius 2 is 1.79 bits per heavy atom. The molecular weight excluding hydrogens is 296 g/mol. The van der Waals surface area contributed by atoms with E-state index < -0.39 is 0 Å². The zero-order valence-corrected chi connectivity index (χ0v) is 16.7. The third kappa shape index (κ3) is 5.22. The van der Waals surface area contributed by atoms with E-state index in [9.17, 15) is 0 Å². The molecule has 2 N–H and O–H groups in total. The van der Waals surface area contributed by atoms with Crippen molar-refractivity contribution in [3.63, 3.8) is 0 Å². The zero-order valence-electron chi connectivity index (χ0n) is 16.7. The van der Waals surface area contributed by atoms with E-state index in [1.165, 1.54) is 24.0 Å². The minimum Gasteiger partial charge on any atom is -0.399 e. The third-order valence-corrected chi connectivity index (χ3v) is 5.28. The van der Waals surface area contributed by atoms with Crippen LogP contribution in [-0.4, -0.2) is 36.7 Å². The first kappa shape index (κ1) is 21.0. The van der Waals surface area contributed by atoms with Crippen molar-refractivity contribution in [2.45, 2.75) is 66.3 Å². The molecule has 2 heterocycles. The van der Waals surface area contributed by atoms with Gasteiger partial charge in [0.15, 0.2) is 0 Å². The van der Waals surface area contributed by atoms with E-state index >= 15 is 0 Å². The molecule has 0 bridgehead atoms. The number of allylic oxidation sites excluding steroid dienone is 4. The van der Waals surface area contributed by atoms with Crippen LogP contribution in [0.25, 0.3) is 0 Å². The van der Waals surface area contributed by atoms with Crippen molar-refractivity contribution in [1.29, 1.82) is 0 Å². The minimum absolute atomic E-state index is 0.247. The van der Waals surface area contributed by atoms with Gasteiger partial charge in [-0.25, -0.2) is 0 Å². The Kier molecular flexibility index (Phi) is 8.24. The van der Waals surface area contributed by atoms with E-state index in [1.54, 1.807) is 0 Å². The van der Waals surface area contributed by atoms with Crippen LogP contribution < -0.4 is 5.73 Å². The van der Waals surface area contributed by atoms with Crippen LogP contribution in [0.2, 0.25) is 0 Å². The molecule has 0 saturated carbocycles. The van der Waals surface area contributed by atoms with Gasteiger partial charge in [-0.2, -0.15) is 0 Å². The molecule has 138 valence electrons. The molecule has 1 atom stereocenters. The summed E-state index contributed by atoms with van der Waals surface area (Å²) in [5, 5.41) is 0. The molecule has 3 nitrogen and oxygen atoms in total. The van der Waals surface area contributed by atoms with Crippen LogP contribution in [0.15, 0.2) is 35.1 Å². The van der Waals surface area contributed by atoms with Crippen molar-refractivity contribution in [3.8, 4) is 0 Å². The first-order chi connectivity index (χ1) is 11.3. The summed E-state index contributed by atoms with van der Waals surface area (Å²) in [6, 6.07) is 0. The summed E-state index contributed by atoms with van der Waals surface area (Å²) in [6.07, 6.45) is 5.68. The first-order valence-corrected chi connectivity index (χ1v) is 9.47. The summed E-state index contributed by atoms with van der Waals surface area (Å²) in [6.45, 7) is 20.8. The molecule has 2 rings (SSSR count). The molecule has 2 fully saturated rings. The van der Waals surface area contributed by atoms with Crippen LogP contribution in [0.5, 0.6) is 0 Å². The molecule has 0 aromatic rings. The number of piperidine rings is 1. The SMILES string of the molecule is C=C(C)/C(=C\C(N)=C(C)C)C1CCN(C2(C)CCOC2)CC1.CC. The molecule has 1 unspecified atom stereocenters. The number of hydrogen-bond donors (Lipinski definition) is 1. The molecule has 2 aliphatic heterocycles. The van der Waals surface area contributed by atoms with Crippen molar-refractivity contribution in [1.82, 2.24) is 4.90 Å². The smallest absolute Gasteiger partial charge is 0.0648 e. The van der Waals surface area contributed by atoms with Gasteiger partial charge in [0.05, 0.1) is 6.61 Å². The normalized spacial score (nSPS) is 25.8. The Labute approximate surface area is 149 Å². The van der Waals surface area contributed by atoms with E-state index in [-0.39, 0.29) is 5.54 Å². The Morgan fingerprint density at radius 3 is 2.21 bits per heavy atom. The van der Waals surface area contributed by atoms with Crippen molar-refractivity contribution in [2.24, 2.45) is 11.7 Å². The van der Waals surface area contributed by atoms with Gasteiger partial charge >= 0.3 is 0 Å². The Morgan fingerprint density at radius 1 is 1.21 bits per heavy atom. The Hall–Kier alpha value is -1.06.